The van der Waals surface area contributed by atoms with E-state index in [1.54, 1.807) is 0 Å². The first-order chi connectivity index (χ1) is 9.20. The Morgan fingerprint density at radius 3 is 2.40 bits per heavy atom. The summed E-state index contributed by atoms with van der Waals surface area (Å²) in [5.74, 6) is -2.42. The van der Waals surface area contributed by atoms with Crippen LogP contribution in [0.5, 0.6) is 0 Å². The number of aliphatic carboxylic acids is 1. The number of sulfonamides is 1. The molecule has 1 aromatic carbocycles. The van der Waals surface area contributed by atoms with E-state index in [0.29, 0.717) is 0 Å². The number of nitrogens with one attached hydrogen (secondary N) is 1. The maximum atomic E-state index is 13.8. The van der Waals surface area contributed by atoms with Crippen LogP contribution >= 0.6 is 11.6 Å². The summed E-state index contributed by atoms with van der Waals surface area (Å²) in [6.07, 6.45) is 0.0560. The average molecular weight is 324 g/mol. The summed E-state index contributed by atoms with van der Waals surface area (Å²) in [5, 5.41) is 8.87. The lowest BCUT2D eigenvalue weighted by Gasteiger charge is -2.27. The van der Waals surface area contributed by atoms with E-state index < -0.39 is 32.2 Å². The van der Waals surface area contributed by atoms with E-state index in [1.807, 2.05) is 0 Å². The first-order valence-electron chi connectivity index (χ1n) is 5.91. The second-order valence-electron chi connectivity index (χ2n) is 4.25. The minimum absolute atomic E-state index is 0.0280. The zero-order valence-electron chi connectivity index (χ0n) is 11.0. The number of carbonyl (C=O) groups is 1. The Kier molecular flexibility index (Phi) is 5.12. The summed E-state index contributed by atoms with van der Waals surface area (Å²) in [4.78, 5) is 10.6. The molecule has 0 aliphatic rings. The highest BCUT2D eigenvalue weighted by Gasteiger charge is 2.40. The topological polar surface area (TPSA) is 83.5 Å². The van der Waals surface area contributed by atoms with Gasteiger partial charge < -0.3 is 5.11 Å². The molecular weight excluding hydrogens is 309 g/mol. The van der Waals surface area contributed by atoms with E-state index in [4.69, 9.17) is 11.6 Å². The molecule has 0 amide bonds. The fourth-order valence-corrected chi connectivity index (χ4v) is 3.58. The highest BCUT2D eigenvalue weighted by atomic mass is 35.5. The fraction of sp³-hybridized carbons (Fsp3) is 0.417. The van der Waals surface area contributed by atoms with Crippen molar-refractivity contribution in [1.29, 1.82) is 0 Å². The predicted molar refractivity (Wildman–Crippen MR) is 72.7 cm³/mol. The molecule has 5 nitrogen and oxygen atoms in total. The molecule has 0 unspecified atom stereocenters. The molecule has 1 rings (SSSR count). The molecular formula is C12H15ClFNO4S. The van der Waals surface area contributed by atoms with Gasteiger partial charge in [0.05, 0.1) is 5.02 Å². The van der Waals surface area contributed by atoms with Gasteiger partial charge in [0, 0.05) is 0 Å². The van der Waals surface area contributed by atoms with Gasteiger partial charge in [-0.1, -0.05) is 31.5 Å². The Labute approximate surface area is 121 Å². The molecule has 0 atom stereocenters. The number of benzene rings is 1. The molecule has 0 saturated heterocycles. The van der Waals surface area contributed by atoms with Crippen molar-refractivity contribution in [3.8, 4) is 0 Å². The molecule has 0 bridgehead atoms. The standard InChI is InChI=1S/C12H15ClFNO4S/c1-3-12(4-2,11(16)17)15-20(18,19)9-7-5-6-8(13)10(9)14/h5-7,15H,3-4H2,1-2H3,(H,16,17). The van der Waals surface area contributed by atoms with Crippen LogP contribution in [0.15, 0.2) is 23.1 Å². The average Bonchev–Trinajstić information content (AvgIpc) is 2.38. The summed E-state index contributed by atoms with van der Waals surface area (Å²) >= 11 is 5.54. The highest BCUT2D eigenvalue weighted by molar-refractivity contribution is 7.89. The van der Waals surface area contributed by atoms with E-state index in [9.17, 15) is 22.7 Å². The van der Waals surface area contributed by atoms with Crippen LogP contribution in [-0.2, 0) is 14.8 Å². The lowest BCUT2D eigenvalue weighted by Crippen LogP contribution is -2.53. The molecule has 0 radical (unpaired) electrons. The van der Waals surface area contributed by atoms with Gasteiger partial charge in [-0.15, -0.1) is 0 Å². The summed E-state index contributed by atoms with van der Waals surface area (Å²) in [5.41, 5.74) is -1.67. The van der Waals surface area contributed by atoms with Crippen molar-refractivity contribution in [3.63, 3.8) is 0 Å². The summed E-state index contributed by atoms with van der Waals surface area (Å²) in [7, 11) is -4.33. The number of hydrogen-bond donors (Lipinski definition) is 2. The second kappa shape index (κ2) is 6.07. The van der Waals surface area contributed by atoms with Gasteiger partial charge in [-0.3, -0.25) is 4.79 Å². The van der Waals surface area contributed by atoms with Crippen LogP contribution < -0.4 is 4.72 Å². The summed E-state index contributed by atoms with van der Waals surface area (Å²) in [6.45, 7) is 3.07. The van der Waals surface area contributed by atoms with Gasteiger partial charge in [0.15, 0.2) is 5.82 Å². The van der Waals surface area contributed by atoms with Crippen LogP contribution in [0.2, 0.25) is 5.02 Å². The SMILES string of the molecule is CCC(CC)(NS(=O)(=O)c1cccc(Cl)c1F)C(=O)O. The molecule has 20 heavy (non-hydrogen) atoms. The van der Waals surface area contributed by atoms with Gasteiger partial charge in [0.2, 0.25) is 10.0 Å². The zero-order chi connectivity index (χ0) is 15.6. The molecule has 0 heterocycles. The van der Waals surface area contributed by atoms with Gasteiger partial charge in [0.1, 0.15) is 10.4 Å². The minimum atomic E-state index is -4.33. The maximum Gasteiger partial charge on any atom is 0.324 e. The van der Waals surface area contributed by atoms with Crippen molar-refractivity contribution < 1.29 is 22.7 Å². The normalized spacial score (nSPS) is 12.4. The molecule has 0 spiro atoms. The van der Waals surface area contributed by atoms with Crippen LogP contribution in [0, 0.1) is 5.82 Å². The number of carboxylic acids is 1. The lowest BCUT2D eigenvalue weighted by atomic mass is 9.95. The van der Waals surface area contributed by atoms with Gasteiger partial charge >= 0.3 is 5.97 Å². The van der Waals surface area contributed by atoms with E-state index in [1.165, 1.54) is 26.0 Å². The van der Waals surface area contributed by atoms with Crippen LogP contribution in [0.4, 0.5) is 4.39 Å². The zero-order valence-corrected chi connectivity index (χ0v) is 12.6. The Bertz CT molecular complexity index is 614. The first kappa shape index (κ1) is 16.9. The van der Waals surface area contributed by atoms with Crippen molar-refractivity contribution in [2.45, 2.75) is 37.1 Å². The van der Waals surface area contributed by atoms with Crippen LogP contribution in [-0.4, -0.2) is 25.0 Å². The Morgan fingerprint density at radius 2 is 1.95 bits per heavy atom. The quantitative estimate of drug-likeness (QED) is 0.842. The van der Waals surface area contributed by atoms with Gasteiger partial charge in [-0.25, -0.2) is 12.8 Å². The molecule has 0 aliphatic heterocycles. The Morgan fingerprint density at radius 1 is 1.40 bits per heavy atom. The van der Waals surface area contributed by atoms with Crippen molar-refractivity contribution in [2.24, 2.45) is 0 Å². The molecule has 0 aliphatic carbocycles. The first-order valence-corrected chi connectivity index (χ1v) is 7.77. The largest absolute Gasteiger partial charge is 0.480 e. The van der Waals surface area contributed by atoms with Gasteiger partial charge in [0.25, 0.3) is 0 Å². The third-order valence-corrected chi connectivity index (χ3v) is 5.00. The smallest absolute Gasteiger partial charge is 0.324 e. The lowest BCUT2D eigenvalue weighted by molar-refractivity contribution is -0.144. The van der Waals surface area contributed by atoms with Crippen molar-refractivity contribution >= 4 is 27.6 Å². The monoisotopic (exact) mass is 323 g/mol. The van der Waals surface area contributed by atoms with Crippen molar-refractivity contribution in [1.82, 2.24) is 4.72 Å². The molecule has 0 aromatic heterocycles. The number of hydrogen-bond acceptors (Lipinski definition) is 3. The Hall–Kier alpha value is -1.18. The third kappa shape index (κ3) is 3.11. The molecule has 112 valence electrons. The predicted octanol–water partition coefficient (Wildman–Crippen LogP) is 2.40. The minimum Gasteiger partial charge on any atom is -0.480 e. The molecule has 1 aromatic rings. The second-order valence-corrected chi connectivity index (χ2v) is 6.31. The van der Waals surface area contributed by atoms with E-state index in [0.717, 1.165) is 6.07 Å². The highest BCUT2D eigenvalue weighted by Crippen LogP contribution is 2.25. The number of rotatable bonds is 6. The fourth-order valence-electron chi connectivity index (χ4n) is 1.74. The summed E-state index contributed by atoms with van der Waals surface area (Å²) < 4.78 is 40.2. The summed E-state index contributed by atoms with van der Waals surface area (Å²) in [6, 6.07) is 3.52. The Balaban J connectivity index is 3.31. The molecule has 2 N–H and O–H groups in total. The van der Waals surface area contributed by atoms with Crippen LogP contribution in [0.1, 0.15) is 26.7 Å². The van der Waals surface area contributed by atoms with Gasteiger partial charge in [-0.2, -0.15) is 4.72 Å². The van der Waals surface area contributed by atoms with Crippen molar-refractivity contribution in [3.05, 3.63) is 29.0 Å². The van der Waals surface area contributed by atoms with E-state index >= 15 is 0 Å². The molecule has 0 fully saturated rings. The van der Waals surface area contributed by atoms with E-state index in [-0.39, 0.29) is 17.9 Å². The van der Waals surface area contributed by atoms with Gasteiger partial charge in [-0.05, 0) is 25.0 Å². The third-order valence-electron chi connectivity index (χ3n) is 3.15. The van der Waals surface area contributed by atoms with Crippen LogP contribution in [0.3, 0.4) is 0 Å². The van der Waals surface area contributed by atoms with E-state index in [2.05, 4.69) is 4.72 Å². The number of halogens is 2. The van der Waals surface area contributed by atoms with Crippen LogP contribution in [0.25, 0.3) is 0 Å². The van der Waals surface area contributed by atoms with Crippen molar-refractivity contribution in [2.75, 3.05) is 0 Å². The maximum absolute atomic E-state index is 13.8. The number of carboxylic acid groups (broad SMARTS) is 1. The molecule has 8 heteroatoms. The molecule has 0 saturated carbocycles.